The Labute approximate surface area is 98.9 Å². The van der Waals surface area contributed by atoms with E-state index < -0.39 is 6.16 Å². The van der Waals surface area contributed by atoms with Crippen molar-refractivity contribution in [3.8, 4) is 0 Å². The second kappa shape index (κ2) is 23.5. The first-order chi connectivity index (χ1) is 2.73. The summed E-state index contributed by atoms with van der Waals surface area (Å²) in [4.78, 5) is 8.33. The van der Waals surface area contributed by atoms with Gasteiger partial charge in [-0.2, -0.15) is 0 Å². The molecule has 0 aliphatic carbocycles. The number of hydrogen-bond acceptors (Lipinski definition) is 4. The van der Waals surface area contributed by atoms with Crippen molar-refractivity contribution in [2.24, 2.45) is 0 Å². The van der Waals surface area contributed by atoms with Crippen LogP contribution in [0.25, 0.3) is 0 Å². The molecule has 0 aromatic heterocycles. The van der Waals surface area contributed by atoms with Crippen molar-refractivity contribution in [2.75, 3.05) is 0 Å². The van der Waals surface area contributed by atoms with Gasteiger partial charge >= 0.3 is 79.1 Å². The summed E-state index contributed by atoms with van der Waals surface area (Å²) in [5, 5.41) is 16.7. The number of carbonyl (C=O) groups excluding carboxylic acids is 1. The van der Waals surface area contributed by atoms with Crippen molar-refractivity contribution in [3.63, 3.8) is 0 Å². The second-order valence-electron chi connectivity index (χ2n) is 0.250. The molecule has 0 unspecified atom stereocenters. The number of carboxylic acid groups (broad SMARTS) is 2. The summed E-state index contributed by atoms with van der Waals surface area (Å²) >= 11 is 1.38. The van der Waals surface area contributed by atoms with E-state index in [2.05, 4.69) is 0 Å². The van der Waals surface area contributed by atoms with E-state index in [1.165, 1.54) is 16.2 Å². The summed E-state index contributed by atoms with van der Waals surface area (Å²) in [6, 6.07) is 0. The molecule has 0 aliphatic heterocycles. The molecule has 0 saturated heterocycles. The fourth-order valence-electron chi connectivity index (χ4n) is 0. The van der Waals surface area contributed by atoms with Crippen molar-refractivity contribution in [1.82, 2.24) is 0 Å². The van der Waals surface area contributed by atoms with E-state index in [4.69, 9.17) is 18.8 Å². The molecule has 0 radical (unpaired) electrons. The van der Waals surface area contributed by atoms with Crippen LogP contribution in [0.5, 0.6) is 0 Å². The van der Waals surface area contributed by atoms with Gasteiger partial charge in [0.2, 0.25) is 0 Å². The normalized spacial score (nSPS) is 3.50. The molecule has 0 aromatic carbocycles. The zero-order chi connectivity index (χ0) is 5.58. The molecule has 0 N–H and O–H groups in total. The molecule has 0 atom stereocenters. The molecule has 0 aliphatic rings. The summed E-state index contributed by atoms with van der Waals surface area (Å²) in [6.07, 6.45) is -2.33. The van der Waals surface area contributed by atoms with E-state index in [1.54, 1.807) is 0 Å². The first kappa shape index (κ1) is 22.6. The third-order valence-corrected chi connectivity index (χ3v) is 0. The van der Waals surface area contributed by atoms with Crippen LogP contribution >= 0.6 is 0 Å². The van der Waals surface area contributed by atoms with Crippen LogP contribution in [0.2, 0.25) is 0 Å². The zero-order valence-corrected chi connectivity index (χ0v) is 9.82. The molecule has 0 amide bonds. The van der Waals surface area contributed by atoms with Gasteiger partial charge in [0.25, 0.3) is 0 Å². The van der Waals surface area contributed by atoms with Crippen molar-refractivity contribution in [1.29, 1.82) is 0 Å². The van der Waals surface area contributed by atoms with E-state index in [1.807, 2.05) is 0 Å². The average Bonchev–Trinajstić information content (AvgIpc) is 1.41. The Morgan fingerprint density at radius 1 is 1.12 bits per heavy atom. The second-order valence-corrected chi connectivity index (χ2v) is 0.250. The van der Waals surface area contributed by atoms with Gasteiger partial charge in [-0.25, -0.2) is 0 Å². The van der Waals surface area contributed by atoms with Gasteiger partial charge in [0.1, 0.15) is 0 Å². The number of carbonyl (C=O) groups is 1. The maximum absolute atomic E-state index is 8.33. The maximum atomic E-state index is 8.33. The molecule has 7 heteroatoms. The Morgan fingerprint density at radius 2 is 1.12 bits per heavy atom. The average molecular weight is 174 g/mol. The van der Waals surface area contributed by atoms with Gasteiger partial charge in [0.15, 0.2) is 0 Å². The van der Waals surface area contributed by atoms with Gasteiger partial charge in [-0.05, 0) is 6.16 Å². The van der Waals surface area contributed by atoms with Crippen LogP contribution in [0.4, 0.5) is 4.79 Å². The Kier molecular flexibility index (Phi) is 66.4. The van der Waals surface area contributed by atoms with E-state index in [9.17, 15) is 0 Å². The molecule has 36 valence electrons. The quantitative estimate of drug-likeness (QED) is 0.341. The van der Waals surface area contributed by atoms with Gasteiger partial charge in [-0.15, -0.1) is 0 Å². The first-order valence-electron chi connectivity index (χ1n) is 0.779. The van der Waals surface area contributed by atoms with Crippen LogP contribution < -0.4 is 69.3 Å². The Morgan fingerprint density at radius 3 is 1.12 bits per heavy atom. The van der Waals surface area contributed by atoms with Gasteiger partial charge in [0.05, 0.1) is 0 Å². The molecular formula is CCrNa2O4. The molecule has 0 heterocycles. The molecule has 0 aromatic rings. The number of hydrogen-bond donors (Lipinski definition) is 0. The number of rotatable bonds is 0. The summed E-state index contributed by atoms with van der Waals surface area (Å²) in [7, 11) is 0. The van der Waals surface area contributed by atoms with Gasteiger partial charge < -0.3 is 15.0 Å². The Balaban J connectivity index is -0.0000000183. The summed E-state index contributed by atoms with van der Waals surface area (Å²) in [5.41, 5.74) is 0. The SMILES string of the molecule is O=C([O-])[O-].[Na+].[Na+].[O]=[Cr]. The fraction of sp³-hybridized carbons (Fsp3) is 0. The van der Waals surface area contributed by atoms with Gasteiger partial charge in [0, 0.05) is 0 Å². The summed E-state index contributed by atoms with van der Waals surface area (Å²) < 4.78 is 8.12. The molecule has 0 rings (SSSR count). The van der Waals surface area contributed by atoms with Crippen molar-refractivity contribution in [2.45, 2.75) is 0 Å². The van der Waals surface area contributed by atoms with Crippen molar-refractivity contribution < 1.29 is 94.2 Å². The predicted molar refractivity (Wildman–Crippen MR) is 6.08 cm³/mol. The van der Waals surface area contributed by atoms with E-state index in [0.717, 1.165) is 0 Å². The Bertz CT molecular complexity index is 45.3. The van der Waals surface area contributed by atoms with Crippen LogP contribution in [-0.2, 0) is 20.0 Å². The van der Waals surface area contributed by atoms with Crippen LogP contribution in [-0.4, -0.2) is 6.16 Å². The summed E-state index contributed by atoms with van der Waals surface area (Å²) in [5.74, 6) is 0. The van der Waals surface area contributed by atoms with E-state index in [0.29, 0.717) is 0 Å². The van der Waals surface area contributed by atoms with Crippen LogP contribution in [0.15, 0.2) is 0 Å². The minimum absolute atomic E-state index is 0. The monoisotopic (exact) mass is 174 g/mol. The molecular weight excluding hydrogens is 174 g/mol. The third kappa shape index (κ3) is 129. The molecule has 4 nitrogen and oxygen atoms in total. The molecule has 0 saturated carbocycles. The first-order valence-corrected chi connectivity index (χ1v) is 1.30. The topological polar surface area (TPSA) is 80.3 Å². The van der Waals surface area contributed by atoms with Crippen molar-refractivity contribution >= 4 is 6.16 Å². The van der Waals surface area contributed by atoms with E-state index in [-0.39, 0.29) is 59.1 Å². The van der Waals surface area contributed by atoms with Crippen molar-refractivity contribution in [3.05, 3.63) is 0 Å². The summed E-state index contributed by atoms with van der Waals surface area (Å²) in [6.45, 7) is 0. The molecule has 0 fully saturated rings. The molecule has 0 bridgehead atoms. The fourth-order valence-corrected chi connectivity index (χ4v) is 0. The van der Waals surface area contributed by atoms with Crippen LogP contribution in [0.3, 0.4) is 0 Å². The third-order valence-electron chi connectivity index (χ3n) is 0. The van der Waals surface area contributed by atoms with Crippen LogP contribution in [0.1, 0.15) is 0 Å². The zero-order valence-electron chi connectivity index (χ0n) is 4.54. The minimum atomic E-state index is -2.33. The van der Waals surface area contributed by atoms with Crippen LogP contribution in [0, 0.1) is 0 Å². The van der Waals surface area contributed by atoms with Gasteiger partial charge in [-0.3, -0.25) is 0 Å². The standard InChI is InChI=1S/CH2O3.Cr.2Na.O/c2-1(3)4;;;;/h(H2,2,3,4);;;;/q;;2*+1;/p-2. The molecule has 0 spiro atoms. The predicted octanol–water partition coefficient (Wildman–Crippen LogP) is -8.56. The van der Waals surface area contributed by atoms with E-state index >= 15 is 0 Å². The molecule has 8 heavy (non-hydrogen) atoms. The Hall–Kier alpha value is 1.60. The van der Waals surface area contributed by atoms with Gasteiger partial charge in [-0.1, -0.05) is 0 Å².